The minimum atomic E-state index is -4.65. The minimum Gasteiger partial charge on any atom is -0.383 e. The molecule has 0 amide bonds. The lowest BCUT2D eigenvalue weighted by atomic mass is 10.2. The molecule has 0 radical (unpaired) electrons. The molecule has 1 aromatic carbocycles. The standard InChI is InChI=1S/C10H8ClF3N4O2S/c11-6-1-5(10(12,13)14)2-7(3-6)18-21(19,20)8-4-16-17-9(8)15/h1-4,18H,(H3,15,16,17). The molecule has 1 heterocycles. The Morgan fingerprint density at radius 1 is 1.29 bits per heavy atom. The van der Waals surface area contributed by atoms with Crippen LogP contribution in [0.4, 0.5) is 24.7 Å². The van der Waals surface area contributed by atoms with Gasteiger partial charge >= 0.3 is 6.18 Å². The number of sulfonamides is 1. The van der Waals surface area contributed by atoms with E-state index in [2.05, 4.69) is 10.2 Å². The molecule has 0 saturated carbocycles. The molecule has 21 heavy (non-hydrogen) atoms. The number of halogens is 4. The van der Waals surface area contributed by atoms with Gasteiger partial charge < -0.3 is 5.73 Å². The molecule has 0 unspecified atom stereocenters. The molecule has 0 aliphatic heterocycles. The molecule has 6 nitrogen and oxygen atoms in total. The van der Waals surface area contributed by atoms with Crippen LogP contribution < -0.4 is 10.5 Å². The van der Waals surface area contributed by atoms with Crippen LogP contribution in [0.3, 0.4) is 0 Å². The number of aromatic nitrogens is 2. The van der Waals surface area contributed by atoms with E-state index in [4.69, 9.17) is 17.3 Å². The van der Waals surface area contributed by atoms with Crippen molar-refractivity contribution in [2.45, 2.75) is 11.1 Å². The maximum absolute atomic E-state index is 12.6. The number of alkyl halides is 3. The number of aromatic amines is 1. The van der Waals surface area contributed by atoms with Crippen LogP contribution in [-0.2, 0) is 16.2 Å². The third-order valence-corrected chi connectivity index (χ3v) is 4.03. The number of hydrogen-bond acceptors (Lipinski definition) is 4. The maximum atomic E-state index is 12.6. The number of nitrogens with zero attached hydrogens (tertiary/aromatic N) is 1. The molecule has 0 atom stereocenters. The molecule has 0 aliphatic rings. The molecule has 0 spiro atoms. The first-order chi connectivity index (χ1) is 9.59. The van der Waals surface area contributed by atoms with Crippen molar-refractivity contribution in [1.29, 1.82) is 0 Å². The van der Waals surface area contributed by atoms with Gasteiger partial charge in [-0.3, -0.25) is 9.82 Å². The average molecular weight is 341 g/mol. The van der Waals surface area contributed by atoms with Crippen molar-refractivity contribution in [3.05, 3.63) is 35.0 Å². The van der Waals surface area contributed by atoms with Gasteiger partial charge in [0.1, 0.15) is 10.7 Å². The van der Waals surface area contributed by atoms with Crippen LogP contribution in [0.15, 0.2) is 29.3 Å². The smallest absolute Gasteiger partial charge is 0.383 e. The molecule has 0 bridgehead atoms. The van der Waals surface area contributed by atoms with Gasteiger partial charge in [-0.05, 0) is 18.2 Å². The van der Waals surface area contributed by atoms with Gasteiger partial charge in [0.15, 0.2) is 0 Å². The van der Waals surface area contributed by atoms with E-state index in [-0.39, 0.29) is 21.4 Å². The average Bonchev–Trinajstić information content (AvgIpc) is 2.73. The lowest BCUT2D eigenvalue weighted by molar-refractivity contribution is -0.137. The van der Waals surface area contributed by atoms with Crippen molar-refractivity contribution in [2.24, 2.45) is 0 Å². The number of nitrogens with two attached hydrogens (primary N) is 1. The number of nitrogen functional groups attached to an aromatic ring is 1. The fourth-order valence-electron chi connectivity index (χ4n) is 1.52. The molecular weight excluding hydrogens is 333 g/mol. The molecule has 4 N–H and O–H groups in total. The van der Waals surface area contributed by atoms with Gasteiger partial charge in [-0.2, -0.15) is 18.3 Å². The zero-order chi connectivity index (χ0) is 15.8. The molecule has 2 aromatic rings. The Kier molecular flexibility index (Phi) is 3.76. The number of rotatable bonds is 3. The van der Waals surface area contributed by atoms with E-state index in [1.54, 1.807) is 0 Å². The van der Waals surface area contributed by atoms with Crippen molar-refractivity contribution in [3.63, 3.8) is 0 Å². The van der Waals surface area contributed by atoms with Gasteiger partial charge in [0, 0.05) is 5.02 Å². The molecule has 11 heteroatoms. The summed E-state index contributed by atoms with van der Waals surface area (Å²) in [5.41, 5.74) is 3.95. The summed E-state index contributed by atoms with van der Waals surface area (Å²) in [6.45, 7) is 0. The minimum absolute atomic E-state index is 0.236. The Morgan fingerprint density at radius 2 is 1.95 bits per heavy atom. The van der Waals surface area contributed by atoms with Crippen molar-refractivity contribution in [1.82, 2.24) is 10.2 Å². The van der Waals surface area contributed by atoms with Crippen LogP contribution in [0, 0.1) is 0 Å². The van der Waals surface area contributed by atoms with Crippen molar-refractivity contribution in [3.8, 4) is 0 Å². The van der Waals surface area contributed by atoms with Crippen LogP contribution in [0.25, 0.3) is 0 Å². The second kappa shape index (κ2) is 5.11. The summed E-state index contributed by atoms with van der Waals surface area (Å²) in [4.78, 5) is -0.379. The fourth-order valence-corrected chi connectivity index (χ4v) is 2.82. The SMILES string of the molecule is Nc1[nH]ncc1S(=O)(=O)Nc1cc(Cl)cc(C(F)(F)F)c1. The summed E-state index contributed by atoms with van der Waals surface area (Å²) in [6.07, 6.45) is -3.72. The van der Waals surface area contributed by atoms with Crippen LogP contribution in [0.5, 0.6) is 0 Å². The number of benzene rings is 1. The number of H-pyrrole nitrogens is 1. The highest BCUT2D eigenvalue weighted by molar-refractivity contribution is 7.92. The van der Waals surface area contributed by atoms with Crippen molar-refractivity contribution < 1.29 is 21.6 Å². The maximum Gasteiger partial charge on any atom is 0.416 e. The first kappa shape index (κ1) is 15.4. The zero-order valence-corrected chi connectivity index (χ0v) is 11.6. The zero-order valence-electron chi connectivity index (χ0n) is 10.1. The van der Waals surface area contributed by atoms with Crippen molar-refractivity contribution >= 4 is 33.1 Å². The highest BCUT2D eigenvalue weighted by atomic mass is 35.5. The number of hydrogen-bond donors (Lipinski definition) is 3. The Hall–Kier alpha value is -1.94. The van der Waals surface area contributed by atoms with Crippen LogP contribution >= 0.6 is 11.6 Å². The van der Waals surface area contributed by atoms with Crippen LogP contribution in [0.1, 0.15) is 5.56 Å². The Labute approximate surface area is 122 Å². The van der Waals surface area contributed by atoms with E-state index in [9.17, 15) is 21.6 Å². The molecular formula is C10H8ClF3N4O2S. The van der Waals surface area contributed by atoms with Gasteiger partial charge in [-0.1, -0.05) is 11.6 Å². The van der Waals surface area contributed by atoms with E-state index < -0.39 is 21.8 Å². The molecule has 0 saturated heterocycles. The van der Waals surface area contributed by atoms with E-state index in [0.717, 1.165) is 12.3 Å². The molecule has 114 valence electrons. The molecule has 2 rings (SSSR count). The second-order valence-electron chi connectivity index (χ2n) is 3.98. The predicted molar refractivity (Wildman–Crippen MR) is 70.3 cm³/mol. The topological polar surface area (TPSA) is 101 Å². The van der Waals surface area contributed by atoms with E-state index in [0.29, 0.717) is 12.1 Å². The van der Waals surface area contributed by atoms with Gasteiger partial charge in [0.2, 0.25) is 0 Å². The lowest BCUT2D eigenvalue weighted by Crippen LogP contribution is -2.15. The summed E-state index contributed by atoms with van der Waals surface area (Å²) in [6, 6.07) is 2.36. The van der Waals surface area contributed by atoms with Gasteiger partial charge in [0.05, 0.1) is 17.4 Å². The third kappa shape index (κ3) is 3.39. The molecule has 0 aliphatic carbocycles. The lowest BCUT2D eigenvalue weighted by Gasteiger charge is -2.11. The Morgan fingerprint density at radius 3 is 2.48 bits per heavy atom. The highest BCUT2D eigenvalue weighted by Gasteiger charge is 2.31. The Bertz CT molecular complexity index is 773. The fraction of sp³-hybridized carbons (Fsp3) is 0.100. The summed E-state index contributed by atoms with van der Waals surface area (Å²) < 4.78 is 63.9. The first-order valence-corrected chi connectivity index (χ1v) is 7.15. The van der Waals surface area contributed by atoms with Gasteiger partial charge in [-0.15, -0.1) is 0 Å². The van der Waals surface area contributed by atoms with Gasteiger partial charge in [0.25, 0.3) is 10.0 Å². The number of anilines is 2. The summed E-state index contributed by atoms with van der Waals surface area (Å²) >= 11 is 5.56. The van der Waals surface area contributed by atoms with E-state index in [1.165, 1.54) is 0 Å². The van der Waals surface area contributed by atoms with Crippen LogP contribution in [0.2, 0.25) is 5.02 Å². The van der Waals surface area contributed by atoms with Crippen molar-refractivity contribution in [2.75, 3.05) is 10.5 Å². The normalized spacial score (nSPS) is 12.4. The quantitative estimate of drug-likeness (QED) is 0.798. The predicted octanol–water partition coefficient (Wildman–Crippen LogP) is 2.46. The summed E-state index contributed by atoms with van der Waals surface area (Å²) in [7, 11) is -4.17. The Balaban J connectivity index is 2.41. The summed E-state index contributed by atoms with van der Waals surface area (Å²) in [5, 5.41) is 5.38. The second-order valence-corrected chi connectivity index (χ2v) is 6.07. The molecule has 0 fully saturated rings. The highest BCUT2D eigenvalue weighted by Crippen LogP contribution is 2.34. The van der Waals surface area contributed by atoms with E-state index in [1.807, 2.05) is 4.72 Å². The third-order valence-electron chi connectivity index (χ3n) is 2.40. The largest absolute Gasteiger partial charge is 0.416 e. The summed E-state index contributed by atoms with van der Waals surface area (Å²) in [5.74, 6) is -0.236. The molecule has 1 aromatic heterocycles. The van der Waals surface area contributed by atoms with E-state index >= 15 is 0 Å². The number of nitrogens with one attached hydrogen (secondary N) is 2. The van der Waals surface area contributed by atoms with Crippen LogP contribution in [-0.4, -0.2) is 18.6 Å². The monoisotopic (exact) mass is 340 g/mol. The first-order valence-electron chi connectivity index (χ1n) is 5.29. The van der Waals surface area contributed by atoms with Gasteiger partial charge in [-0.25, -0.2) is 8.42 Å².